The molecule has 1 aromatic carbocycles. The third kappa shape index (κ3) is 2.96. The normalized spacial score (nSPS) is 16.6. The van der Waals surface area contributed by atoms with Gasteiger partial charge in [0, 0.05) is 23.1 Å². The number of amides is 1. The van der Waals surface area contributed by atoms with E-state index < -0.39 is 5.82 Å². The number of benzene rings is 1. The smallest absolute Gasteiger partial charge is 0.267 e. The van der Waals surface area contributed by atoms with Gasteiger partial charge in [-0.1, -0.05) is 6.07 Å². The molecule has 3 aromatic rings. The van der Waals surface area contributed by atoms with E-state index in [1.165, 1.54) is 33.9 Å². The number of carbonyl (C=O) groups excluding carboxylic acids is 1. The van der Waals surface area contributed by atoms with E-state index >= 15 is 0 Å². The molecule has 0 spiro atoms. The van der Waals surface area contributed by atoms with Gasteiger partial charge < -0.3 is 16.0 Å². The van der Waals surface area contributed by atoms with Crippen molar-refractivity contribution in [3.8, 4) is 0 Å². The maximum atomic E-state index is 13.3. The molecule has 25 heavy (non-hydrogen) atoms. The highest BCUT2D eigenvalue weighted by Crippen LogP contribution is 2.34. The molecule has 1 atom stereocenters. The van der Waals surface area contributed by atoms with Crippen LogP contribution in [0.2, 0.25) is 0 Å². The lowest BCUT2D eigenvalue weighted by Crippen LogP contribution is -3.08. The molecule has 1 unspecified atom stereocenters. The summed E-state index contributed by atoms with van der Waals surface area (Å²) in [5.41, 5.74) is 9.35. The number of anilines is 2. The molecule has 4 rings (SSSR count). The topological polar surface area (TPSA) is 72.5 Å². The van der Waals surface area contributed by atoms with E-state index in [1.807, 2.05) is 0 Å². The van der Waals surface area contributed by atoms with E-state index in [9.17, 15) is 9.18 Å². The predicted octanol–water partition coefficient (Wildman–Crippen LogP) is 1.84. The largest absolute Gasteiger partial charge is 0.397 e. The second kappa shape index (κ2) is 6.09. The number of carbonyl (C=O) groups is 1. The molecule has 0 aliphatic carbocycles. The van der Waals surface area contributed by atoms with E-state index in [-0.39, 0.29) is 5.91 Å². The first kappa shape index (κ1) is 16.0. The number of rotatable bonds is 2. The van der Waals surface area contributed by atoms with Crippen LogP contribution in [-0.2, 0) is 13.0 Å². The summed E-state index contributed by atoms with van der Waals surface area (Å²) in [6.45, 7) is 1.97. The lowest BCUT2D eigenvalue weighted by molar-refractivity contribution is -0.895. The molecule has 3 heterocycles. The Hall–Kier alpha value is -2.51. The molecule has 5 nitrogen and oxygen atoms in total. The minimum Gasteiger partial charge on any atom is -0.397 e. The number of hydrogen-bond acceptors (Lipinski definition) is 4. The molecular weight excluding hydrogens is 339 g/mol. The quantitative estimate of drug-likeness (QED) is 0.655. The van der Waals surface area contributed by atoms with Gasteiger partial charge in [-0.15, -0.1) is 11.3 Å². The molecule has 0 saturated heterocycles. The van der Waals surface area contributed by atoms with Crippen molar-refractivity contribution in [1.82, 2.24) is 4.98 Å². The Morgan fingerprint density at radius 3 is 3.04 bits per heavy atom. The Balaban J connectivity index is 1.70. The standard InChI is InChI=1S/C18H17FN4OS/c1-23-6-5-14-10(9-23)7-13-15(20)16(25-18(13)22-14)17(24)21-12-4-2-3-11(19)8-12/h2-4,7-8H,5-6,9,20H2,1H3,(H,21,24)/p+1. The summed E-state index contributed by atoms with van der Waals surface area (Å²) in [5, 5.41) is 3.52. The first-order chi connectivity index (χ1) is 12.0. The lowest BCUT2D eigenvalue weighted by Gasteiger charge is -2.21. The Labute approximate surface area is 148 Å². The maximum absolute atomic E-state index is 13.3. The fraction of sp³-hybridized carbons (Fsp3) is 0.222. The summed E-state index contributed by atoms with van der Waals surface area (Å²) in [6, 6.07) is 7.85. The van der Waals surface area contributed by atoms with Gasteiger partial charge >= 0.3 is 0 Å². The second-order valence-corrected chi connectivity index (χ2v) is 7.39. The fourth-order valence-electron chi connectivity index (χ4n) is 3.16. The molecular formula is C18H18FN4OS+. The highest BCUT2D eigenvalue weighted by Gasteiger charge is 2.23. The number of pyridine rings is 1. The summed E-state index contributed by atoms with van der Waals surface area (Å²) in [7, 11) is 2.15. The van der Waals surface area contributed by atoms with Gasteiger partial charge in [-0.05, 0) is 24.3 Å². The fourth-order valence-corrected chi connectivity index (χ4v) is 4.15. The van der Waals surface area contributed by atoms with Crippen molar-refractivity contribution in [3.63, 3.8) is 0 Å². The van der Waals surface area contributed by atoms with Crippen LogP contribution >= 0.6 is 11.3 Å². The van der Waals surface area contributed by atoms with Gasteiger partial charge in [0.05, 0.1) is 25.0 Å². The average Bonchev–Trinajstić information content (AvgIpc) is 2.89. The molecule has 1 amide bonds. The summed E-state index contributed by atoms with van der Waals surface area (Å²) in [5.74, 6) is -0.741. The number of nitrogens with zero attached hydrogens (tertiary/aromatic N) is 1. The van der Waals surface area contributed by atoms with E-state index in [1.54, 1.807) is 12.1 Å². The summed E-state index contributed by atoms with van der Waals surface area (Å²) < 4.78 is 13.3. The highest BCUT2D eigenvalue weighted by molar-refractivity contribution is 7.21. The van der Waals surface area contributed by atoms with Crippen LogP contribution in [0, 0.1) is 5.82 Å². The van der Waals surface area contributed by atoms with Crippen LogP contribution in [0.5, 0.6) is 0 Å². The monoisotopic (exact) mass is 357 g/mol. The molecule has 0 fully saturated rings. The number of nitrogens with one attached hydrogen (secondary N) is 2. The number of fused-ring (bicyclic) bond motifs is 2. The maximum Gasteiger partial charge on any atom is 0.267 e. The van der Waals surface area contributed by atoms with Crippen molar-refractivity contribution in [1.29, 1.82) is 0 Å². The number of thiophene rings is 1. The zero-order chi connectivity index (χ0) is 17.6. The Bertz CT molecular complexity index is 985. The van der Waals surface area contributed by atoms with Gasteiger partial charge in [-0.25, -0.2) is 9.37 Å². The van der Waals surface area contributed by atoms with Crippen LogP contribution in [-0.4, -0.2) is 24.5 Å². The molecule has 2 aromatic heterocycles. The van der Waals surface area contributed by atoms with Crippen molar-refractivity contribution in [2.24, 2.45) is 0 Å². The Morgan fingerprint density at radius 1 is 1.40 bits per heavy atom. The third-order valence-corrected chi connectivity index (χ3v) is 5.57. The number of quaternary nitrogens is 1. The van der Waals surface area contributed by atoms with Crippen molar-refractivity contribution in [3.05, 3.63) is 52.3 Å². The van der Waals surface area contributed by atoms with Gasteiger partial charge in [-0.3, -0.25) is 4.79 Å². The number of hydrogen-bond donors (Lipinski definition) is 3. The molecule has 7 heteroatoms. The van der Waals surface area contributed by atoms with E-state index in [0.717, 1.165) is 35.4 Å². The minimum atomic E-state index is -0.400. The molecule has 0 bridgehead atoms. The SMILES string of the molecule is C[NH+]1CCc2nc3sc(C(=O)Nc4cccc(F)c4)c(N)c3cc2C1. The van der Waals surface area contributed by atoms with Crippen molar-refractivity contribution < 1.29 is 14.1 Å². The van der Waals surface area contributed by atoms with Crippen LogP contribution in [0.25, 0.3) is 10.2 Å². The van der Waals surface area contributed by atoms with Crippen LogP contribution in [0.1, 0.15) is 20.9 Å². The van der Waals surface area contributed by atoms with Gasteiger partial charge in [-0.2, -0.15) is 0 Å². The van der Waals surface area contributed by atoms with Crippen LogP contribution in [0.4, 0.5) is 15.8 Å². The molecule has 128 valence electrons. The summed E-state index contributed by atoms with van der Waals surface area (Å²) >= 11 is 1.28. The second-order valence-electron chi connectivity index (χ2n) is 6.39. The van der Waals surface area contributed by atoms with Gasteiger partial charge in [0.25, 0.3) is 5.91 Å². The minimum absolute atomic E-state index is 0.341. The number of halogens is 1. The molecule has 0 radical (unpaired) electrons. The first-order valence-electron chi connectivity index (χ1n) is 8.10. The molecule has 1 aliphatic heterocycles. The summed E-state index contributed by atoms with van der Waals surface area (Å²) in [6.07, 6.45) is 0.930. The van der Waals surface area contributed by atoms with Crippen molar-refractivity contribution in [2.75, 3.05) is 24.6 Å². The van der Waals surface area contributed by atoms with Crippen LogP contribution < -0.4 is 16.0 Å². The van der Waals surface area contributed by atoms with Crippen molar-refractivity contribution in [2.45, 2.75) is 13.0 Å². The van der Waals surface area contributed by atoms with Crippen LogP contribution in [0.15, 0.2) is 30.3 Å². The Morgan fingerprint density at radius 2 is 2.24 bits per heavy atom. The molecule has 1 aliphatic rings. The van der Waals surface area contributed by atoms with E-state index in [2.05, 4.69) is 18.4 Å². The lowest BCUT2D eigenvalue weighted by atomic mass is 10.0. The molecule has 0 saturated carbocycles. The number of nitrogens with two attached hydrogens (primary N) is 1. The van der Waals surface area contributed by atoms with Gasteiger partial charge in [0.15, 0.2) is 0 Å². The summed E-state index contributed by atoms with van der Waals surface area (Å²) in [4.78, 5) is 19.9. The van der Waals surface area contributed by atoms with Gasteiger partial charge in [0.1, 0.15) is 22.1 Å². The Kier molecular flexibility index (Phi) is 3.89. The zero-order valence-electron chi connectivity index (χ0n) is 13.7. The third-order valence-electron chi connectivity index (χ3n) is 4.46. The first-order valence-corrected chi connectivity index (χ1v) is 8.92. The number of likely N-dealkylation sites (N-methyl/N-ethyl adjacent to an activating group) is 1. The molecule has 4 N–H and O–H groups in total. The predicted molar refractivity (Wildman–Crippen MR) is 97.5 cm³/mol. The van der Waals surface area contributed by atoms with Crippen molar-refractivity contribution >= 4 is 38.8 Å². The van der Waals surface area contributed by atoms with Gasteiger partial charge in [0.2, 0.25) is 0 Å². The van der Waals surface area contributed by atoms with E-state index in [4.69, 9.17) is 10.7 Å². The van der Waals surface area contributed by atoms with Crippen LogP contribution in [0.3, 0.4) is 0 Å². The average molecular weight is 357 g/mol. The number of nitrogen functional groups attached to an aromatic ring is 1. The zero-order valence-corrected chi connectivity index (χ0v) is 14.5. The van der Waals surface area contributed by atoms with E-state index in [0.29, 0.717) is 16.3 Å². The number of aromatic nitrogens is 1. The highest BCUT2D eigenvalue weighted by atomic mass is 32.1.